The average Bonchev–Trinajstić information content (AvgIpc) is 3.29. The van der Waals surface area contributed by atoms with Gasteiger partial charge in [-0.05, 0) is 71.1 Å². The van der Waals surface area contributed by atoms with Crippen LogP contribution >= 0.6 is 0 Å². The second kappa shape index (κ2) is 18.1. The molecule has 3 nitrogen and oxygen atoms in total. The minimum atomic E-state index is -0.501. The SMILES string of the molecule is C(=C\C1CCCC[C@H]1NC(c1ccccc1)(c1ccccc1)c1ccccc1)/C=N/C1CCCC[C@H]1NC(c1ccccc1)(c1ccccc1)c1ccccc1. The summed E-state index contributed by atoms with van der Waals surface area (Å²) in [7, 11) is 0. The highest BCUT2D eigenvalue weighted by atomic mass is 15.1. The molecule has 2 aliphatic carbocycles. The van der Waals surface area contributed by atoms with Crippen LogP contribution in [0.3, 0.4) is 0 Å². The van der Waals surface area contributed by atoms with Gasteiger partial charge in [0, 0.05) is 18.3 Å². The van der Waals surface area contributed by atoms with Crippen molar-refractivity contribution < 1.29 is 0 Å². The van der Waals surface area contributed by atoms with Gasteiger partial charge in [-0.25, -0.2) is 0 Å². The first-order chi connectivity index (χ1) is 27.8. The standard InChI is InChI=1S/C53H55N3/c1-7-26-43(27-8-1)52(44-28-9-2-10-29-44,45-30-11-3-12-31-45)55-49-38-20-19-24-42(49)25-23-41-54-50-39-21-22-40-51(50)56-53(46-32-13-4-14-33-46,47-34-15-5-16-35-47)48-36-17-6-18-37-48/h1-18,23,25-37,41-42,49-51,55-56H,19-22,24,38-40H2/b25-23+,54-41+/t42?,49-,50?,51-/m1/s1. The van der Waals surface area contributed by atoms with E-state index in [-0.39, 0.29) is 12.1 Å². The van der Waals surface area contributed by atoms with Crippen LogP contribution in [-0.2, 0) is 11.1 Å². The fraction of sp³-hybridized carbons (Fsp3) is 0.264. The molecular formula is C53H55N3. The molecule has 2 unspecified atom stereocenters. The second-order valence-electron chi connectivity index (χ2n) is 15.7. The zero-order valence-corrected chi connectivity index (χ0v) is 32.5. The van der Waals surface area contributed by atoms with E-state index in [4.69, 9.17) is 4.99 Å². The molecule has 2 aliphatic rings. The van der Waals surface area contributed by atoms with Crippen LogP contribution in [0.5, 0.6) is 0 Å². The van der Waals surface area contributed by atoms with Crippen LogP contribution in [0.15, 0.2) is 199 Å². The van der Waals surface area contributed by atoms with Crippen molar-refractivity contribution >= 4 is 6.21 Å². The highest BCUT2D eigenvalue weighted by Crippen LogP contribution is 2.41. The van der Waals surface area contributed by atoms with Gasteiger partial charge in [-0.3, -0.25) is 15.6 Å². The predicted octanol–water partition coefficient (Wildman–Crippen LogP) is 11.6. The van der Waals surface area contributed by atoms with Crippen molar-refractivity contribution in [1.29, 1.82) is 0 Å². The van der Waals surface area contributed by atoms with Crippen molar-refractivity contribution in [3.63, 3.8) is 0 Å². The fourth-order valence-electron chi connectivity index (χ4n) is 9.56. The molecule has 0 aliphatic heterocycles. The Bertz CT molecular complexity index is 1770. The third-order valence-electron chi connectivity index (χ3n) is 12.3. The van der Waals surface area contributed by atoms with Gasteiger partial charge in [0.1, 0.15) is 0 Å². The van der Waals surface area contributed by atoms with Crippen molar-refractivity contribution in [1.82, 2.24) is 10.6 Å². The first-order valence-electron chi connectivity index (χ1n) is 20.9. The van der Waals surface area contributed by atoms with E-state index in [9.17, 15) is 0 Å². The summed E-state index contributed by atoms with van der Waals surface area (Å²) in [5.74, 6) is 0.396. The maximum atomic E-state index is 5.36. The monoisotopic (exact) mass is 733 g/mol. The molecule has 0 radical (unpaired) electrons. The molecule has 0 amide bonds. The van der Waals surface area contributed by atoms with E-state index in [0.29, 0.717) is 12.0 Å². The maximum absolute atomic E-state index is 5.36. The molecule has 282 valence electrons. The molecule has 8 rings (SSSR count). The van der Waals surface area contributed by atoms with Gasteiger partial charge in [0.25, 0.3) is 0 Å². The second-order valence-corrected chi connectivity index (χ2v) is 15.7. The molecular weight excluding hydrogens is 679 g/mol. The third kappa shape index (κ3) is 7.98. The largest absolute Gasteiger partial charge is 0.297 e. The minimum absolute atomic E-state index is 0.186. The van der Waals surface area contributed by atoms with Gasteiger partial charge in [-0.2, -0.15) is 0 Å². The molecule has 2 saturated carbocycles. The number of nitrogens with one attached hydrogen (secondary N) is 2. The van der Waals surface area contributed by atoms with E-state index < -0.39 is 11.1 Å². The van der Waals surface area contributed by atoms with Crippen molar-refractivity contribution in [2.45, 2.75) is 80.6 Å². The van der Waals surface area contributed by atoms with Gasteiger partial charge in [0.05, 0.1) is 17.1 Å². The van der Waals surface area contributed by atoms with Crippen LogP contribution in [0.4, 0.5) is 0 Å². The Morgan fingerprint density at radius 1 is 0.393 bits per heavy atom. The van der Waals surface area contributed by atoms with Gasteiger partial charge >= 0.3 is 0 Å². The van der Waals surface area contributed by atoms with Crippen LogP contribution in [0.1, 0.15) is 84.7 Å². The summed E-state index contributed by atoms with van der Waals surface area (Å²) in [6, 6.07) is 66.7. The molecule has 3 heteroatoms. The molecule has 0 aromatic heterocycles. The maximum Gasteiger partial charge on any atom is 0.0950 e. The molecule has 0 heterocycles. The van der Waals surface area contributed by atoms with Crippen molar-refractivity contribution in [2.24, 2.45) is 10.9 Å². The summed E-state index contributed by atoms with van der Waals surface area (Å²) in [5, 5.41) is 8.62. The number of hydrogen-bond acceptors (Lipinski definition) is 3. The molecule has 6 aromatic carbocycles. The average molecular weight is 734 g/mol. The van der Waals surface area contributed by atoms with E-state index in [1.54, 1.807) is 0 Å². The Labute approximate surface area is 334 Å². The zero-order chi connectivity index (χ0) is 37.9. The number of allylic oxidation sites excluding steroid dienone is 1. The Morgan fingerprint density at radius 2 is 0.714 bits per heavy atom. The lowest BCUT2D eigenvalue weighted by Gasteiger charge is -2.43. The third-order valence-corrected chi connectivity index (χ3v) is 12.3. The van der Waals surface area contributed by atoms with Gasteiger partial charge < -0.3 is 0 Å². The van der Waals surface area contributed by atoms with Crippen molar-refractivity contribution in [2.75, 3.05) is 0 Å². The molecule has 0 spiro atoms. The molecule has 0 saturated heterocycles. The Kier molecular flexibility index (Phi) is 12.1. The van der Waals surface area contributed by atoms with E-state index in [2.05, 4.69) is 211 Å². The summed E-state index contributed by atoms with van der Waals surface area (Å²) >= 11 is 0. The Morgan fingerprint density at radius 3 is 1.11 bits per heavy atom. The van der Waals surface area contributed by atoms with Crippen LogP contribution in [0.2, 0.25) is 0 Å². The summed E-state index contributed by atoms with van der Waals surface area (Å²) in [6.07, 6.45) is 16.2. The normalized spacial score (nSPS) is 20.6. The van der Waals surface area contributed by atoms with Crippen LogP contribution in [0.25, 0.3) is 0 Å². The summed E-state index contributed by atoms with van der Waals surface area (Å²) in [5.41, 5.74) is 6.56. The van der Waals surface area contributed by atoms with Crippen LogP contribution in [0, 0.1) is 5.92 Å². The lowest BCUT2D eigenvalue weighted by molar-refractivity contribution is 0.262. The topological polar surface area (TPSA) is 36.4 Å². The lowest BCUT2D eigenvalue weighted by atomic mass is 9.74. The Balaban J connectivity index is 1.08. The molecule has 2 N–H and O–H groups in total. The van der Waals surface area contributed by atoms with E-state index in [1.165, 1.54) is 59.1 Å². The highest BCUT2D eigenvalue weighted by Gasteiger charge is 2.41. The van der Waals surface area contributed by atoms with Gasteiger partial charge in [0.15, 0.2) is 0 Å². The predicted molar refractivity (Wildman–Crippen MR) is 234 cm³/mol. The first kappa shape index (κ1) is 37.6. The summed E-state index contributed by atoms with van der Waals surface area (Å²) in [4.78, 5) is 5.36. The number of rotatable bonds is 13. The van der Waals surface area contributed by atoms with E-state index in [1.807, 2.05) is 0 Å². The highest BCUT2D eigenvalue weighted by molar-refractivity contribution is 5.71. The lowest BCUT2D eigenvalue weighted by Crippen LogP contribution is -2.54. The number of benzene rings is 6. The first-order valence-corrected chi connectivity index (χ1v) is 20.9. The van der Waals surface area contributed by atoms with Gasteiger partial charge in [-0.1, -0.05) is 214 Å². The molecule has 2 fully saturated rings. The number of aliphatic imine (C=N–C) groups is 1. The zero-order valence-electron chi connectivity index (χ0n) is 32.5. The van der Waals surface area contributed by atoms with Crippen LogP contribution < -0.4 is 10.6 Å². The smallest absolute Gasteiger partial charge is 0.0950 e. The van der Waals surface area contributed by atoms with Crippen molar-refractivity contribution in [3.8, 4) is 0 Å². The van der Waals surface area contributed by atoms with Crippen LogP contribution in [-0.4, -0.2) is 24.3 Å². The molecule has 6 aromatic rings. The minimum Gasteiger partial charge on any atom is -0.297 e. The van der Waals surface area contributed by atoms with E-state index >= 15 is 0 Å². The summed E-state index contributed by atoms with van der Waals surface area (Å²) in [6.45, 7) is 0. The van der Waals surface area contributed by atoms with Gasteiger partial charge in [0.2, 0.25) is 0 Å². The molecule has 4 atom stereocenters. The molecule has 0 bridgehead atoms. The fourth-order valence-corrected chi connectivity index (χ4v) is 9.56. The Hall–Kier alpha value is -5.35. The van der Waals surface area contributed by atoms with Crippen molar-refractivity contribution in [3.05, 3.63) is 228 Å². The van der Waals surface area contributed by atoms with Gasteiger partial charge in [-0.15, -0.1) is 0 Å². The number of hydrogen-bond donors (Lipinski definition) is 2. The summed E-state index contributed by atoms with van der Waals surface area (Å²) < 4.78 is 0. The van der Waals surface area contributed by atoms with E-state index in [0.717, 1.165) is 25.7 Å². The molecule has 56 heavy (non-hydrogen) atoms. The quantitative estimate of drug-likeness (QED) is 0.0916. The number of nitrogens with zero attached hydrogens (tertiary/aromatic N) is 1.